The number of halogens is 3. The first-order valence-electron chi connectivity index (χ1n) is 9.57. The molecule has 0 radical (unpaired) electrons. The molecule has 2 aromatic heterocycles. The number of nitrogens with one attached hydrogen (secondary N) is 1. The molecule has 1 spiro atoms. The van der Waals surface area contributed by atoms with Crippen LogP contribution in [-0.4, -0.2) is 71.9 Å². The first-order valence-corrected chi connectivity index (χ1v) is 11.5. The Morgan fingerprint density at radius 1 is 1.45 bits per heavy atom. The molecule has 10 nitrogen and oxygen atoms in total. The summed E-state index contributed by atoms with van der Waals surface area (Å²) in [5.74, 6) is -0.0578. The van der Waals surface area contributed by atoms with Crippen molar-refractivity contribution in [2.24, 2.45) is 10.6 Å². The van der Waals surface area contributed by atoms with Crippen molar-refractivity contribution >= 4 is 39.1 Å². The minimum atomic E-state index is -4.16. The van der Waals surface area contributed by atoms with Gasteiger partial charge in [-0.2, -0.15) is 17.8 Å². The third-order valence-corrected chi connectivity index (χ3v) is 7.21. The maximum absolute atomic E-state index is 12.3. The predicted octanol–water partition coefficient (Wildman–Crippen LogP) is 0.547. The highest BCUT2D eigenvalue weighted by Crippen LogP contribution is 2.52. The van der Waals surface area contributed by atoms with Crippen molar-refractivity contribution in [2.75, 3.05) is 31.1 Å². The van der Waals surface area contributed by atoms with Gasteiger partial charge in [0, 0.05) is 24.5 Å². The molecule has 2 aliphatic rings. The summed E-state index contributed by atoms with van der Waals surface area (Å²) in [6, 6.07) is 1.36. The van der Waals surface area contributed by atoms with Crippen molar-refractivity contribution in [1.29, 1.82) is 0 Å². The van der Waals surface area contributed by atoms with Gasteiger partial charge in [0.15, 0.2) is 5.82 Å². The molecule has 0 bridgehead atoms. The third kappa shape index (κ3) is 4.19. The predicted molar refractivity (Wildman–Crippen MR) is 109 cm³/mol. The van der Waals surface area contributed by atoms with Crippen LogP contribution in [0.25, 0.3) is 5.52 Å². The highest BCUT2D eigenvalue weighted by Gasteiger charge is 2.56. The van der Waals surface area contributed by atoms with Crippen LogP contribution >= 0.6 is 11.6 Å². The van der Waals surface area contributed by atoms with Gasteiger partial charge in [0.05, 0.1) is 13.1 Å². The van der Waals surface area contributed by atoms with E-state index >= 15 is 0 Å². The smallest absolute Gasteiger partial charge is 0.277 e. The number of nitrogens with zero attached hydrogens (tertiary/aromatic N) is 5. The fourth-order valence-electron chi connectivity index (χ4n) is 4.52. The number of alkyl halides is 2. The zero-order chi connectivity index (χ0) is 22.6. The standard InChI is InChI=1S/C17H22ClF2N7O3S/c1-10-2-12(18)27-15(10)16(23-9-24-27)25-7-17(8-25)3-11(4-17)26(31(21,29)30)6-14(28)22-5-13(19)20/h2,9,11,13H,3-8H2,1H3,(H,22,28)(H2,21,29,30). The molecule has 170 valence electrons. The van der Waals surface area contributed by atoms with Gasteiger partial charge in [0.25, 0.3) is 16.6 Å². The van der Waals surface area contributed by atoms with Crippen LogP contribution in [0, 0.1) is 12.3 Å². The van der Waals surface area contributed by atoms with E-state index in [0.717, 1.165) is 21.2 Å². The number of rotatable bonds is 7. The first kappa shape index (κ1) is 22.1. The molecule has 2 aromatic rings. The van der Waals surface area contributed by atoms with Gasteiger partial charge in [-0.15, -0.1) is 0 Å². The van der Waals surface area contributed by atoms with Crippen LogP contribution in [0.3, 0.4) is 0 Å². The molecule has 1 aliphatic carbocycles. The average molecular weight is 478 g/mol. The van der Waals surface area contributed by atoms with Crippen LogP contribution in [0.1, 0.15) is 18.4 Å². The number of aromatic nitrogens is 3. The van der Waals surface area contributed by atoms with Gasteiger partial charge in [0.2, 0.25) is 5.91 Å². The Hall–Kier alpha value is -2.09. The summed E-state index contributed by atoms with van der Waals surface area (Å²) in [4.78, 5) is 18.3. The second-order valence-corrected chi connectivity index (χ2v) is 10.1. The van der Waals surface area contributed by atoms with Crippen LogP contribution in [0.5, 0.6) is 0 Å². The highest BCUT2D eigenvalue weighted by molar-refractivity contribution is 7.86. The zero-order valence-corrected chi connectivity index (χ0v) is 18.2. The average Bonchev–Trinajstić information content (AvgIpc) is 2.90. The van der Waals surface area contributed by atoms with E-state index in [2.05, 4.69) is 15.0 Å². The Balaban J connectivity index is 1.40. The fourth-order valence-corrected chi connectivity index (χ4v) is 5.67. The second kappa shape index (κ2) is 7.80. The molecule has 3 heterocycles. The van der Waals surface area contributed by atoms with Gasteiger partial charge in [-0.3, -0.25) is 4.79 Å². The van der Waals surface area contributed by atoms with Crippen molar-refractivity contribution < 1.29 is 22.0 Å². The summed E-state index contributed by atoms with van der Waals surface area (Å²) >= 11 is 6.19. The number of fused-ring (bicyclic) bond motifs is 1. The maximum Gasteiger partial charge on any atom is 0.277 e. The largest absolute Gasteiger partial charge is 0.354 e. The van der Waals surface area contributed by atoms with Crippen LogP contribution in [0.4, 0.5) is 14.6 Å². The summed E-state index contributed by atoms with van der Waals surface area (Å²) in [7, 11) is -4.16. The molecule has 1 saturated carbocycles. The van der Waals surface area contributed by atoms with Gasteiger partial charge < -0.3 is 10.2 Å². The lowest BCUT2D eigenvalue weighted by Crippen LogP contribution is -2.68. The van der Waals surface area contributed by atoms with Crippen molar-refractivity contribution in [2.45, 2.75) is 32.2 Å². The molecule has 3 N–H and O–H groups in total. The van der Waals surface area contributed by atoms with Gasteiger partial charge >= 0.3 is 0 Å². The van der Waals surface area contributed by atoms with E-state index in [0.29, 0.717) is 31.1 Å². The topological polar surface area (TPSA) is 126 Å². The van der Waals surface area contributed by atoms with Crippen LogP contribution in [0.2, 0.25) is 5.15 Å². The van der Waals surface area contributed by atoms with E-state index in [1.54, 1.807) is 4.52 Å². The van der Waals surface area contributed by atoms with E-state index in [1.807, 2.05) is 18.3 Å². The van der Waals surface area contributed by atoms with Crippen molar-refractivity contribution in [3.8, 4) is 0 Å². The number of nitrogens with two attached hydrogens (primary N) is 1. The number of aryl methyl sites for hydroxylation is 1. The SMILES string of the molecule is Cc1cc(Cl)n2ncnc(N3CC4(CC(N(CC(=O)NCC(F)F)S(N)(=O)=O)C4)C3)c12. The Morgan fingerprint density at radius 2 is 2.13 bits per heavy atom. The van der Waals surface area contributed by atoms with Gasteiger partial charge in [0.1, 0.15) is 17.0 Å². The minimum Gasteiger partial charge on any atom is -0.354 e. The number of anilines is 1. The van der Waals surface area contributed by atoms with Crippen LogP contribution in [-0.2, 0) is 15.0 Å². The summed E-state index contributed by atoms with van der Waals surface area (Å²) in [5.41, 5.74) is 1.66. The summed E-state index contributed by atoms with van der Waals surface area (Å²) in [6.07, 6.45) is -0.246. The molecule has 1 amide bonds. The minimum absolute atomic E-state index is 0.112. The van der Waals surface area contributed by atoms with Crippen molar-refractivity contribution in [1.82, 2.24) is 24.2 Å². The number of hydrogen-bond acceptors (Lipinski definition) is 6. The maximum atomic E-state index is 12.3. The Kier molecular flexibility index (Phi) is 5.56. The van der Waals surface area contributed by atoms with Crippen molar-refractivity contribution in [3.63, 3.8) is 0 Å². The number of carbonyl (C=O) groups is 1. The molecule has 1 aliphatic heterocycles. The molecule has 14 heteroatoms. The molecular weight excluding hydrogens is 456 g/mol. The van der Waals surface area contributed by atoms with E-state index in [9.17, 15) is 22.0 Å². The number of hydrogen-bond donors (Lipinski definition) is 2. The highest BCUT2D eigenvalue weighted by atomic mass is 35.5. The molecule has 31 heavy (non-hydrogen) atoms. The van der Waals surface area contributed by atoms with Crippen LogP contribution in [0.15, 0.2) is 12.4 Å². The first-order chi connectivity index (χ1) is 14.5. The quantitative estimate of drug-likeness (QED) is 0.599. The lowest BCUT2D eigenvalue weighted by molar-refractivity contribution is -0.123. The van der Waals surface area contributed by atoms with Gasteiger partial charge in [-0.25, -0.2) is 23.4 Å². The van der Waals surface area contributed by atoms with E-state index < -0.39 is 41.7 Å². The molecule has 1 saturated heterocycles. The zero-order valence-electron chi connectivity index (χ0n) is 16.6. The lowest BCUT2D eigenvalue weighted by atomic mass is 9.60. The van der Waals surface area contributed by atoms with E-state index in [-0.39, 0.29) is 5.41 Å². The number of carbonyl (C=O) groups excluding carboxylic acids is 1. The fraction of sp³-hybridized carbons (Fsp3) is 0.588. The lowest BCUT2D eigenvalue weighted by Gasteiger charge is -2.60. The molecular formula is C17H22ClF2N7O3S. The Labute approximate surface area is 182 Å². The second-order valence-electron chi connectivity index (χ2n) is 8.20. The molecule has 4 rings (SSSR count). The Bertz CT molecular complexity index is 1110. The molecule has 0 atom stereocenters. The third-order valence-electron chi connectivity index (χ3n) is 5.86. The monoisotopic (exact) mass is 477 g/mol. The van der Waals surface area contributed by atoms with E-state index in [1.165, 1.54) is 6.33 Å². The summed E-state index contributed by atoms with van der Waals surface area (Å²) in [5, 5.41) is 11.9. The van der Waals surface area contributed by atoms with Crippen molar-refractivity contribution in [3.05, 3.63) is 23.1 Å². The normalized spacial score (nSPS) is 18.6. The Morgan fingerprint density at radius 3 is 2.74 bits per heavy atom. The summed E-state index contributed by atoms with van der Waals surface area (Å²) in [6.45, 7) is 1.83. The summed E-state index contributed by atoms with van der Waals surface area (Å²) < 4.78 is 51.0. The van der Waals surface area contributed by atoms with Gasteiger partial charge in [-0.05, 0) is 31.4 Å². The molecule has 2 fully saturated rings. The number of amides is 1. The van der Waals surface area contributed by atoms with E-state index in [4.69, 9.17) is 16.7 Å². The van der Waals surface area contributed by atoms with Gasteiger partial charge in [-0.1, -0.05) is 11.6 Å². The van der Waals surface area contributed by atoms with Crippen LogP contribution < -0.4 is 15.4 Å². The molecule has 0 aromatic carbocycles. The molecule has 0 unspecified atom stereocenters.